The number of carbonyl (C=O) groups is 4. The summed E-state index contributed by atoms with van der Waals surface area (Å²) in [5.41, 5.74) is 2.74. The van der Waals surface area contributed by atoms with Gasteiger partial charge in [0.05, 0.1) is 26.1 Å². The average molecular weight is 475 g/mol. The van der Waals surface area contributed by atoms with E-state index >= 15 is 0 Å². The minimum Gasteiger partial charge on any atom is -0.502 e. The number of imide groups is 1. The highest BCUT2D eigenvalue weighted by molar-refractivity contribution is 6.23. The fourth-order valence-electron chi connectivity index (χ4n) is 5.77. The molecule has 8 nitrogen and oxygen atoms in total. The van der Waals surface area contributed by atoms with Crippen molar-refractivity contribution in [3.8, 4) is 17.2 Å². The van der Waals surface area contributed by atoms with E-state index in [1.54, 1.807) is 25.1 Å². The molecule has 0 spiro atoms. The second-order valence-electron chi connectivity index (χ2n) is 9.26. The molecule has 0 bridgehead atoms. The van der Waals surface area contributed by atoms with Crippen LogP contribution >= 0.6 is 0 Å². The topological polar surface area (TPSA) is 119 Å². The van der Waals surface area contributed by atoms with Gasteiger partial charge in [0, 0.05) is 22.6 Å². The van der Waals surface area contributed by atoms with E-state index < -0.39 is 17.8 Å². The molecular weight excluding hydrogens is 450 g/mol. The van der Waals surface area contributed by atoms with Gasteiger partial charge in [-0.15, -0.1) is 0 Å². The zero-order valence-electron chi connectivity index (χ0n) is 19.6. The minimum atomic E-state index is -0.559. The summed E-state index contributed by atoms with van der Waals surface area (Å²) < 4.78 is 10.5. The van der Waals surface area contributed by atoms with Crippen LogP contribution in [-0.2, 0) is 19.2 Å². The Kier molecular flexibility index (Phi) is 5.46. The molecule has 2 N–H and O–H groups in total. The Morgan fingerprint density at radius 2 is 1.71 bits per heavy atom. The minimum absolute atomic E-state index is 0.123. The van der Waals surface area contributed by atoms with Crippen LogP contribution in [0.3, 0.4) is 0 Å². The third kappa shape index (κ3) is 3.51. The molecule has 180 valence electrons. The maximum absolute atomic E-state index is 13.2. The molecule has 1 saturated heterocycles. The number of hydrogen-bond acceptors (Lipinski definition) is 7. The lowest BCUT2D eigenvalue weighted by molar-refractivity contribution is -0.126. The molecule has 35 heavy (non-hydrogen) atoms. The number of aromatic hydroxyl groups is 1. The van der Waals surface area contributed by atoms with Gasteiger partial charge in [0.1, 0.15) is 0 Å². The van der Waals surface area contributed by atoms with Gasteiger partial charge in [0.2, 0.25) is 17.6 Å². The number of hydrogen-bond donors (Lipinski definition) is 2. The number of rotatable bonds is 4. The van der Waals surface area contributed by atoms with Crippen LogP contribution in [0.15, 0.2) is 52.7 Å². The van der Waals surface area contributed by atoms with Crippen molar-refractivity contribution in [2.75, 3.05) is 14.2 Å². The summed E-state index contributed by atoms with van der Waals surface area (Å²) in [6.07, 6.45) is 7.57. The first kappa shape index (κ1) is 22.8. The lowest BCUT2D eigenvalue weighted by atomic mass is 9.60. The first-order valence-electron chi connectivity index (χ1n) is 11.4. The Labute approximate surface area is 202 Å². The number of methoxy groups -OCH3 is 2. The molecule has 0 radical (unpaired) electrons. The molecule has 3 aliphatic carbocycles. The smallest absolute Gasteiger partial charge is 0.231 e. The summed E-state index contributed by atoms with van der Waals surface area (Å²) in [7, 11) is 2.87. The number of amides is 2. The molecule has 2 amide bonds. The summed E-state index contributed by atoms with van der Waals surface area (Å²) in [4.78, 5) is 51.2. The molecule has 1 aliphatic heterocycles. The van der Waals surface area contributed by atoms with Gasteiger partial charge in [-0.25, -0.2) is 0 Å². The summed E-state index contributed by atoms with van der Waals surface area (Å²) in [5.74, 6) is -2.58. The number of benzene rings is 1. The number of phenols is 1. The molecule has 5 rings (SSSR count). The van der Waals surface area contributed by atoms with E-state index in [0.29, 0.717) is 28.7 Å². The predicted octanol–water partition coefficient (Wildman–Crippen LogP) is 2.67. The standard InChI is InChI=1S/C27H25NO7/c1-12-8-19(29)18-11-17-14(6-7-16-23(17)27(33)28-26(16)32)15(22(18)24(12)30)5-4-13-9-20(34-2)25(31)21(10-13)35-3/h4-6,8-10,15-17,23,31H,7,11H2,1-3H3,(H,28,32,33). The Morgan fingerprint density at radius 1 is 1.03 bits per heavy atom. The van der Waals surface area contributed by atoms with Crippen LogP contribution in [0.2, 0.25) is 0 Å². The van der Waals surface area contributed by atoms with Gasteiger partial charge in [-0.05, 0) is 49.5 Å². The van der Waals surface area contributed by atoms with Crippen LogP contribution in [0.25, 0.3) is 6.08 Å². The van der Waals surface area contributed by atoms with Crippen molar-refractivity contribution >= 4 is 29.5 Å². The molecular formula is C27H25NO7. The summed E-state index contributed by atoms with van der Waals surface area (Å²) in [6, 6.07) is 3.27. The summed E-state index contributed by atoms with van der Waals surface area (Å²) in [5, 5.41) is 12.7. The van der Waals surface area contributed by atoms with Gasteiger partial charge in [0.15, 0.2) is 23.1 Å². The average Bonchev–Trinajstić information content (AvgIpc) is 3.14. The molecule has 4 unspecified atom stereocenters. The van der Waals surface area contributed by atoms with E-state index in [9.17, 15) is 24.3 Å². The van der Waals surface area contributed by atoms with Crippen LogP contribution in [0.1, 0.15) is 25.3 Å². The molecule has 0 saturated carbocycles. The zero-order chi connectivity index (χ0) is 25.0. The maximum atomic E-state index is 13.2. The predicted molar refractivity (Wildman–Crippen MR) is 125 cm³/mol. The van der Waals surface area contributed by atoms with Gasteiger partial charge in [-0.1, -0.05) is 23.8 Å². The van der Waals surface area contributed by atoms with E-state index in [0.717, 1.165) is 5.57 Å². The quantitative estimate of drug-likeness (QED) is 0.390. The van der Waals surface area contributed by atoms with Crippen LogP contribution in [-0.4, -0.2) is 42.7 Å². The van der Waals surface area contributed by atoms with Crippen molar-refractivity contribution in [2.24, 2.45) is 23.7 Å². The second-order valence-corrected chi connectivity index (χ2v) is 9.26. The lowest BCUT2D eigenvalue weighted by Gasteiger charge is -2.41. The number of allylic oxidation sites excluding steroid dienone is 7. The molecule has 1 aromatic rings. The molecule has 8 heteroatoms. The van der Waals surface area contributed by atoms with E-state index in [-0.39, 0.29) is 53.0 Å². The van der Waals surface area contributed by atoms with E-state index in [1.165, 1.54) is 20.3 Å². The Bertz CT molecular complexity index is 1290. The lowest BCUT2D eigenvalue weighted by Crippen LogP contribution is -2.39. The van der Waals surface area contributed by atoms with Crippen molar-refractivity contribution in [1.82, 2.24) is 5.32 Å². The van der Waals surface area contributed by atoms with Crippen molar-refractivity contribution in [2.45, 2.75) is 19.8 Å². The Balaban J connectivity index is 1.62. The number of ether oxygens (including phenoxy) is 2. The number of phenolic OH excluding ortho intramolecular Hbond substituents is 1. The van der Waals surface area contributed by atoms with E-state index in [4.69, 9.17) is 9.47 Å². The van der Waals surface area contributed by atoms with Crippen LogP contribution in [0.5, 0.6) is 17.2 Å². The van der Waals surface area contributed by atoms with Crippen molar-refractivity contribution < 1.29 is 33.8 Å². The maximum Gasteiger partial charge on any atom is 0.231 e. The first-order chi connectivity index (χ1) is 16.7. The molecule has 4 aliphatic rings. The molecule has 1 fully saturated rings. The normalized spacial score (nSPS) is 27.7. The van der Waals surface area contributed by atoms with Crippen LogP contribution in [0, 0.1) is 23.7 Å². The highest BCUT2D eigenvalue weighted by Gasteiger charge is 2.52. The Morgan fingerprint density at radius 3 is 2.37 bits per heavy atom. The highest BCUT2D eigenvalue weighted by Crippen LogP contribution is 2.51. The van der Waals surface area contributed by atoms with Crippen LogP contribution in [0.4, 0.5) is 0 Å². The van der Waals surface area contributed by atoms with Gasteiger partial charge in [-0.2, -0.15) is 0 Å². The van der Waals surface area contributed by atoms with Crippen LogP contribution < -0.4 is 14.8 Å². The molecule has 1 aromatic carbocycles. The Hall–Kier alpha value is -3.94. The fraction of sp³-hybridized carbons (Fsp3) is 0.333. The monoisotopic (exact) mass is 475 g/mol. The number of nitrogens with one attached hydrogen (secondary N) is 1. The van der Waals surface area contributed by atoms with Gasteiger partial charge >= 0.3 is 0 Å². The van der Waals surface area contributed by atoms with Crippen molar-refractivity contribution in [3.63, 3.8) is 0 Å². The highest BCUT2D eigenvalue weighted by atomic mass is 16.5. The summed E-state index contributed by atoms with van der Waals surface area (Å²) >= 11 is 0. The van der Waals surface area contributed by atoms with E-state index in [1.807, 2.05) is 12.2 Å². The number of Topliss-reactive ketones (excluding diaryl/α,β-unsaturated/α-hetero) is 1. The van der Waals surface area contributed by atoms with E-state index in [2.05, 4.69) is 5.32 Å². The number of carbonyl (C=O) groups excluding carboxylic acids is 4. The SMILES string of the molecule is COc1cc(C=CC2C3=CCC4C(=O)NC(=O)C4C3CC3=C2C(=O)C(C)=CC3=O)cc(OC)c1O. The number of fused-ring (bicyclic) bond motifs is 3. The number of ketones is 2. The van der Waals surface area contributed by atoms with Crippen molar-refractivity contribution in [1.29, 1.82) is 0 Å². The third-order valence-corrected chi connectivity index (χ3v) is 7.44. The van der Waals surface area contributed by atoms with Gasteiger partial charge < -0.3 is 14.6 Å². The summed E-state index contributed by atoms with van der Waals surface area (Å²) in [6.45, 7) is 1.63. The van der Waals surface area contributed by atoms with Crippen molar-refractivity contribution in [3.05, 3.63) is 58.2 Å². The van der Waals surface area contributed by atoms with Gasteiger partial charge in [-0.3, -0.25) is 24.5 Å². The largest absolute Gasteiger partial charge is 0.502 e. The second kappa shape index (κ2) is 8.37. The first-order valence-corrected chi connectivity index (χ1v) is 11.4. The molecule has 0 aromatic heterocycles. The molecule has 1 heterocycles. The molecule has 4 atom stereocenters. The third-order valence-electron chi connectivity index (χ3n) is 7.44. The van der Waals surface area contributed by atoms with Gasteiger partial charge in [0.25, 0.3) is 0 Å². The fourth-order valence-corrected chi connectivity index (χ4v) is 5.77. The zero-order valence-corrected chi connectivity index (χ0v) is 19.6.